The van der Waals surface area contributed by atoms with E-state index >= 15 is 0 Å². The number of nitrogens with one attached hydrogen (secondary N) is 2. The van der Waals surface area contributed by atoms with Gasteiger partial charge in [-0.2, -0.15) is 13.2 Å². The molecule has 0 unspecified atom stereocenters. The summed E-state index contributed by atoms with van der Waals surface area (Å²) in [6.07, 6.45) is -3.25. The Bertz CT molecular complexity index is 1800. The van der Waals surface area contributed by atoms with E-state index in [-0.39, 0.29) is 35.2 Å². The molecule has 0 aliphatic carbocycles. The largest absolute Gasteiger partial charge is 0.486 e. The molecule has 3 heterocycles. The Labute approximate surface area is 270 Å². The van der Waals surface area contributed by atoms with Crippen molar-refractivity contribution in [1.29, 1.82) is 0 Å². The van der Waals surface area contributed by atoms with Gasteiger partial charge in [0.25, 0.3) is 5.91 Å². The van der Waals surface area contributed by atoms with Crippen LogP contribution in [0, 0.1) is 0 Å². The number of hydrogen-bond acceptors (Lipinski definition) is 8. The van der Waals surface area contributed by atoms with Crippen LogP contribution in [-0.4, -0.2) is 61.7 Å². The van der Waals surface area contributed by atoms with Crippen LogP contribution in [-0.2, 0) is 22.0 Å². The first-order chi connectivity index (χ1) is 22.5. The predicted molar refractivity (Wildman–Crippen MR) is 168 cm³/mol. The topological polar surface area (TPSA) is 123 Å². The van der Waals surface area contributed by atoms with Crippen LogP contribution in [0.1, 0.15) is 45.9 Å². The lowest BCUT2D eigenvalue weighted by atomic mass is 9.89. The summed E-state index contributed by atoms with van der Waals surface area (Å²) in [5.74, 6) is 0.480. The molecule has 1 aromatic heterocycles. The van der Waals surface area contributed by atoms with E-state index in [1.54, 1.807) is 53.4 Å². The number of alkyl halides is 3. The van der Waals surface area contributed by atoms with Gasteiger partial charge >= 0.3 is 6.18 Å². The van der Waals surface area contributed by atoms with E-state index in [1.165, 1.54) is 6.07 Å². The quantitative estimate of drug-likeness (QED) is 0.224. The van der Waals surface area contributed by atoms with E-state index in [2.05, 4.69) is 20.2 Å². The van der Waals surface area contributed by atoms with Crippen molar-refractivity contribution < 1.29 is 35.9 Å². The minimum absolute atomic E-state index is 0.0515. The highest BCUT2D eigenvalue weighted by Crippen LogP contribution is 2.33. The lowest BCUT2D eigenvalue weighted by Gasteiger charge is -2.32. The Hall–Kier alpha value is -4.69. The predicted octanol–water partition coefficient (Wildman–Crippen LogP) is 5.60. The van der Waals surface area contributed by atoms with Crippen molar-refractivity contribution in [1.82, 2.24) is 20.4 Å². The standard InChI is InChI=1S/C33H32F3N5O5S/c34-33(35,36)30-12-13-31(39-38-30)46-26-9-6-23(7-10-26)24-14-16-41(17-15-24)32(42)25-8-11-29(45-27-19-37-20-27)28(18-25)40-47(43,44)21-22-4-2-1-3-5-22/h1-13,18,24,27,37,40H,14-17,19-21H2. The SMILES string of the molecule is O=C(c1ccc(OC2CNC2)c(NS(=O)(=O)Cc2ccccc2)c1)N1CCC(c2ccc(Oc3ccc(C(F)(F)F)nn3)cc2)CC1. The third-order valence-electron chi connectivity index (χ3n) is 8.02. The number of carbonyl (C=O) groups is 1. The fourth-order valence-corrected chi connectivity index (χ4v) is 6.62. The molecule has 2 N–H and O–H groups in total. The smallest absolute Gasteiger partial charge is 0.435 e. The molecule has 3 aromatic carbocycles. The summed E-state index contributed by atoms with van der Waals surface area (Å²) in [4.78, 5) is 15.3. The summed E-state index contributed by atoms with van der Waals surface area (Å²) in [5.41, 5.74) is 1.16. The van der Waals surface area contributed by atoms with E-state index < -0.39 is 21.9 Å². The van der Waals surface area contributed by atoms with E-state index in [0.29, 0.717) is 61.6 Å². The molecule has 0 spiro atoms. The van der Waals surface area contributed by atoms with Crippen molar-refractivity contribution in [3.63, 3.8) is 0 Å². The third-order valence-corrected chi connectivity index (χ3v) is 9.26. The van der Waals surface area contributed by atoms with Crippen LogP contribution in [0.2, 0.25) is 0 Å². The molecular formula is C33H32F3N5O5S. The van der Waals surface area contributed by atoms with Crippen LogP contribution in [0.15, 0.2) is 84.9 Å². The molecule has 6 rings (SSSR count). The van der Waals surface area contributed by atoms with Gasteiger partial charge in [-0.1, -0.05) is 42.5 Å². The summed E-state index contributed by atoms with van der Waals surface area (Å²) >= 11 is 0. The molecule has 0 atom stereocenters. The Kier molecular flexibility index (Phi) is 9.32. The minimum Gasteiger partial charge on any atom is -0.486 e. The molecular weight excluding hydrogens is 635 g/mol. The summed E-state index contributed by atoms with van der Waals surface area (Å²) in [5, 5.41) is 9.78. The molecule has 2 saturated heterocycles. The van der Waals surface area contributed by atoms with E-state index in [4.69, 9.17) is 9.47 Å². The fraction of sp³-hybridized carbons (Fsp3) is 0.303. The van der Waals surface area contributed by atoms with E-state index in [0.717, 1.165) is 17.7 Å². The number of halogens is 3. The van der Waals surface area contributed by atoms with Crippen molar-refractivity contribution >= 4 is 21.6 Å². The van der Waals surface area contributed by atoms with Crippen LogP contribution in [0.3, 0.4) is 0 Å². The first-order valence-corrected chi connectivity index (χ1v) is 16.7. The zero-order valence-corrected chi connectivity index (χ0v) is 25.9. The maximum Gasteiger partial charge on any atom is 0.435 e. The van der Waals surface area contributed by atoms with Gasteiger partial charge in [0.05, 0.1) is 11.4 Å². The number of amides is 1. The minimum atomic E-state index is -4.58. The highest BCUT2D eigenvalue weighted by molar-refractivity contribution is 7.91. The van der Waals surface area contributed by atoms with Crippen molar-refractivity contribution in [3.05, 3.63) is 107 Å². The Morgan fingerprint density at radius 1 is 0.936 bits per heavy atom. The number of sulfonamides is 1. The van der Waals surface area contributed by atoms with Gasteiger partial charge in [0.15, 0.2) is 5.69 Å². The molecule has 0 bridgehead atoms. The zero-order chi connectivity index (χ0) is 33.0. The summed E-state index contributed by atoms with van der Waals surface area (Å²) in [6, 6.07) is 22.8. The number of hydrogen-bond donors (Lipinski definition) is 2. The fourth-order valence-electron chi connectivity index (χ4n) is 5.42. The number of carbonyl (C=O) groups excluding carboxylic acids is 1. The second kappa shape index (κ2) is 13.6. The molecule has 0 saturated carbocycles. The average molecular weight is 668 g/mol. The van der Waals surface area contributed by atoms with Gasteiger partial charge in [0.2, 0.25) is 15.9 Å². The Morgan fingerprint density at radius 3 is 2.28 bits per heavy atom. The van der Waals surface area contributed by atoms with Crippen LogP contribution < -0.4 is 19.5 Å². The molecule has 2 aliphatic rings. The molecule has 246 valence electrons. The molecule has 14 heteroatoms. The molecule has 0 radical (unpaired) electrons. The van der Waals surface area contributed by atoms with Gasteiger partial charge in [-0.3, -0.25) is 9.52 Å². The van der Waals surface area contributed by atoms with Crippen molar-refractivity contribution in [3.8, 4) is 17.4 Å². The lowest BCUT2D eigenvalue weighted by Crippen LogP contribution is -2.50. The lowest BCUT2D eigenvalue weighted by molar-refractivity contribution is -0.141. The number of benzene rings is 3. The third kappa shape index (κ3) is 8.19. The number of anilines is 1. The van der Waals surface area contributed by atoms with E-state index in [9.17, 15) is 26.4 Å². The Balaban J connectivity index is 1.08. The highest BCUT2D eigenvalue weighted by Gasteiger charge is 2.33. The number of nitrogens with zero attached hydrogens (tertiary/aromatic N) is 3. The first kappa shape index (κ1) is 32.3. The van der Waals surface area contributed by atoms with Crippen LogP contribution in [0.25, 0.3) is 0 Å². The molecule has 47 heavy (non-hydrogen) atoms. The Morgan fingerprint density at radius 2 is 1.66 bits per heavy atom. The second-order valence-corrected chi connectivity index (χ2v) is 13.2. The monoisotopic (exact) mass is 667 g/mol. The van der Waals surface area contributed by atoms with Gasteiger partial charge < -0.3 is 19.7 Å². The van der Waals surface area contributed by atoms with Crippen LogP contribution in [0.4, 0.5) is 18.9 Å². The number of piperidine rings is 1. The van der Waals surface area contributed by atoms with Gasteiger partial charge in [0.1, 0.15) is 17.6 Å². The molecule has 2 aliphatic heterocycles. The molecule has 10 nitrogen and oxygen atoms in total. The van der Waals surface area contributed by atoms with Gasteiger partial charge in [-0.15, -0.1) is 10.2 Å². The maximum atomic E-state index is 13.6. The average Bonchev–Trinajstić information content (AvgIpc) is 3.03. The van der Waals surface area contributed by atoms with Crippen molar-refractivity contribution in [2.24, 2.45) is 0 Å². The number of rotatable bonds is 10. The number of likely N-dealkylation sites (tertiary alicyclic amines) is 1. The van der Waals surface area contributed by atoms with Crippen LogP contribution >= 0.6 is 0 Å². The zero-order valence-electron chi connectivity index (χ0n) is 25.1. The highest BCUT2D eigenvalue weighted by atomic mass is 32.2. The van der Waals surface area contributed by atoms with Gasteiger partial charge in [-0.25, -0.2) is 8.42 Å². The van der Waals surface area contributed by atoms with Crippen molar-refractivity contribution in [2.75, 3.05) is 30.9 Å². The van der Waals surface area contributed by atoms with Crippen LogP contribution in [0.5, 0.6) is 17.4 Å². The maximum absolute atomic E-state index is 13.6. The number of aromatic nitrogens is 2. The second-order valence-electron chi connectivity index (χ2n) is 11.4. The summed E-state index contributed by atoms with van der Waals surface area (Å²) in [7, 11) is -3.79. The van der Waals surface area contributed by atoms with Crippen molar-refractivity contribution in [2.45, 2.75) is 36.8 Å². The summed E-state index contributed by atoms with van der Waals surface area (Å²) < 4.78 is 78.5. The van der Waals surface area contributed by atoms with Gasteiger partial charge in [0, 0.05) is 37.8 Å². The van der Waals surface area contributed by atoms with Gasteiger partial charge in [-0.05, 0) is 66.3 Å². The summed E-state index contributed by atoms with van der Waals surface area (Å²) in [6.45, 7) is 2.30. The molecule has 4 aromatic rings. The first-order valence-electron chi connectivity index (χ1n) is 15.1. The normalized spacial score (nSPS) is 15.9. The molecule has 2 fully saturated rings. The number of ether oxygens (including phenoxy) is 2. The van der Waals surface area contributed by atoms with E-state index in [1.807, 2.05) is 18.2 Å². The molecule has 1 amide bonds.